The molecule has 0 aromatic carbocycles. The van der Waals surface area contributed by atoms with Crippen molar-refractivity contribution in [3.63, 3.8) is 0 Å². The van der Waals surface area contributed by atoms with E-state index in [1.165, 1.54) is 25.7 Å². The number of fused-ring (bicyclic) bond motifs is 1. The molecule has 2 aromatic heterocycles. The molecule has 142 valence electrons. The van der Waals surface area contributed by atoms with E-state index in [0.717, 1.165) is 36.2 Å². The monoisotopic (exact) mass is 396 g/mol. The number of rotatable bonds is 6. The van der Waals surface area contributed by atoms with Gasteiger partial charge in [0, 0.05) is 12.6 Å². The highest BCUT2D eigenvalue weighted by Gasteiger charge is 2.30. The Kier molecular flexibility index (Phi) is 5.54. The van der Waals surface area contributed by atoms with Gasteiger partial charge in [-0.3, -0.25) is 4.31 Å². The second-order valence-corrected chi connectivity index (χ2v) is 8.40. The zero-order chi connectivity index (χ0) is 18.1. The molecule has 0 amide bonds. The van der Waals surface area contributed by atoms with E-state index >= 15 is 0 Å². The van der Waals surface area contributed by atoms with E-state index in [-0.39, 0.29) is 17.6 Å². The molecule has 4 rings (SSSR count). The summed E-state index contributed by atoms with van der Waals surface area (Å²) in [5, 5.41) is 9.25. The number of hydrogen-bond acceptors (Lipinski definition) is 7. The Labute approximate surface area is 163 Å². The highest BCUT2D eigenvalue weighted by molar-refractivity contribution is 7.96. The minimum absolute atomic E-state index is 0.0990. The fourth-order valence-electron chi connectivity index (χ4n) is 3.85. The largest absolute Gasteiger partial charge is 0.367 e. The quantitative estimate of drug-likeness (QED) is 0.589. The minimum Gasteiger partial charge on any atom is -0.367 e. The average Bonchev–Trinajstić information content (AvgIpc) is 3.35. The van der Waals surface area contributed by atoms with E-state index in [1.54, 1.807) is 11.9 Å². The third-order valence-corrected chi connectivity index (χ3v) is 6.19. The van der Waals surface area contributed by atoms with Gasteiger partial charge in [-0.05, 0) is 50.6 Å². The van der Waals surface area contributed by atoms with Gasteiger partial charge in [0.05, 0.1) is 17.7 Å². The van der Waals surface area contributed by atoms with Gasteiger partial charge >= 0.3 is 0 Å². The molecule has 9 heteroatoms. The van der Waals surface area contributed by atoms with Crippen LogP contribution in [-0.4, -0.2) is 56.0 Å². The first kappa shape index (κ1) is 18.3. The summed E-state index contributed by atoms with van der Waals surface area (Å²) < 4.78 is 10.3. The maximum Gasteiger partial charge on any atom is 0.226 e. The third kappa shape index (κ3) is 3.78. The summed E-state index contributed by atoms with van der Waals surface area (Å²) >= 11 is 7.92. The molecule has 1 aliphatic carbocycles. The van der Waals surface area contributed by atoms with Crippen LogP contribution in [0.3, 0.4) is 0 Å². The molecule has 1 saturated heterocycles. The second-order valence-electron chi connectivity index (χ2n) is 7.08. The first-order valence-corrected chi connectivity index (χ1v) is 10.8. The predicted octanol–water partition coefficient (Wildman–Crippen LogP) is 3.72. The van der Waals surface area contributed by atoms with E-state index in [2.05, 4.69) is 38.0 Å². The molecule has 2 aromatic rings. The van der Waals surface area contributed by atoms with E-state index in [4.69, 9.17) is 16.3 Å². The molecular formula is C17H25ClN6OS. The normalized spacial score (nSPS) is 24.2. The smallest absolute Gasteiger partial charge is 0.226 e. The van der Waals surface area contributed by atoms with Gasteiger partial charge in [-0.1, -0.05) is 24.8 Å². The maximum absolute atomic E-state index is 6.22. The van der Waals surface area contributed by atoms with Crippen molar-refractivity contribution in [2.45, 2.75) is 56.9 Å². The number of nitrogens with zero attached hydrogens (tertiary/aromatic N) is 5. The summed E-state index contributed by atoms with van der Waals surface area (Å²) in [5.74, 6) is 0.787. The van der Waals surface area contributed by atoms with Gasteiger partial charge < -0.3 is 10.1 Å². The number of aromatic nitrogens is 4. The van der Waals surface area contributed by atoms with Crippen molar-refractivity contribution in [3.05, 3.63) is 11.5 Å². The molecule has 2 fully saturated rings. The zero-order valence-electron chi connectivity index (χ0n) is 15.2. The molecule has 0 spiro atoms. The Morgan fingerprint density at radius 2 is 2.12 bits per heavy atom. The molecule has 7 nitrogen and oxygen atoms in total. The van der Waals surface area contributed by atoms with Gasteiger partial charge in [-0.15, -0.1) is 0 Å². The third-order valence-electron chi connectivity index (χ3n) is 5.25. The Balaban J connectivity index is 1.56. The standard InChI is InChI=1S/C17H25ClN6OS/c1-23(26-2)10-12-7-8-14(25-12)24-16-13(9-19-24)15(21-17(18)22-16)20-11-5-3-4-6-11/h9,11-12,14H,3-8,10H2,1-2H3,(H,20,21,22). The molecule has 2 aliphatic rings. The van der Waals surface area contributed by atoms with Crippen LogP contribution >= 0.6 is 23.5 Å². The summed E-state index contributed by atoms with van der Waals surface area (Å²) in [6.07, 6.45) is 10.8. The maximum atomic E-state index is 6.22. The molecule has 1 saturated carbocycles. The topological polar surface area (TPSA) is 68.1 Å². The fraction of sp³-hybridized carbons (Fsp3) is 0.706. The molecule has 2 unspecified atom stereocenters. The molecular weight excluding hydrogens is 372 g/mol. The fourth-order valence-corrected chi connectivity index (χ4v) is 4.33. The predicted molar refractivity (Wildman–Crippen MR) is 106 cm³/mol. The lowest BCUT2D eigenvalue weighted by Crippen LogP contribution is -2.24. The number of halogens is 1. The van der Waals surface area contributed by atoms with Crippen LogP contribution in [0.4, 0.5) is 5.82 Å². The summed E-state index contributed by atoms with van der Waals surface area (Å²) in [6, 6.07) is 0.460. The Morgan fingerprint density at radius 1 is 1.31 bits per heavy atom. The van der Waals surface area contributed by atoms with Crippen LogP contribution in [0.2, 0.25) is 5.28 Å². The summed E-state index contributed by atoms with van der Waals surface area (Å²) in [5.41, 5.74) is 0.745. The van der Waals surface area contributed by atoms with Crippen LogP contribution in [0.1, 0.15) is 44.8 Å². The van der Waals surface area contributed by atoms with Gasteiger partial charge in [-0.2, -0.15) is 15.1 Å². The molecule has 0 radical (unpaired) electrons. The van der Waals surface area contributed by atoms with Crippen LogP contribution in [0, 0.1) is 0 Å². The number of nitrogens with one attached hydrogen (secondary N) is 1. The highest BCUT2D eigenvalue weighted by atomic mass is 35.5. The van der Waals surface area contributed by atoms with Crippen molar-refractivity contribution in [1.82, 2.24) is 24.1 Å². The molecule has 1 aliphatic heterocycles. The van der Waals surface area contributed by atoms with Crippen molar-refractivity contribution < 1.29 is 4.74 Å². The Morgan fingerprint density at radius 3 is 2.88 bits per heavy atom. The van der Waals surface area contributed by atoms with Crippen molar-refractivity contribution in [3.8, 4) is 0 Å². The summed E-state index contributed by atoms with van der Waals surface area (Å²) in [7, 11) is 2.08. The molecule has 3 heterocycles. The van der Waals surface area contributed by atoms with Crippen molar-refractivity contribution in [1.29, 1.82) is 0 Å². The van der Waals surface area contributed by atoms with E-state index in [0.29, 0.717) is 6.04 Å². The minimum atomic E-state index is -0.0990. The number of ether oxygens (including phenoxy) is 1. The van der Waals surface area contributed by atoms with Gasteiger partial charge in [-0.25, -0.2) is 4.68 Å². The molecule has 2 atom stereocenters. The lowest BCUT2D eigenvalue weighted by molar-refractivity contribution is -0.00697. The summed E-state index contributed by atoms with van der Waals surface area (Å²) in [4.78, 5) is 8.85. The van der Waals surface area contributed by atoms with Gasteiger partial charge in [0.15, 0.2) is 11.9 Å². The van der Waals surface area contributed by atoms with Crippen LogP contribution in [0.25, 0.3) is 11.0 Å². The van der Waals surface area contributed by atoms with Crippen molar-refractivity contribution >= 4 is 40.4 Å². The number of likely N-dealkylation sites (N-methyl/N-ethyl adjacent to an activating group) is 1. The average molecular weight is 397 g/mol. The molecule has 1 N–H and O–H groups in total. The van der Waals surface area contributed by atoms with Crippen molar-refractivity contribution in [2.75, 3.05) is 25.2 Å². The van der Waals surface area contributed by atoms with Crippen LogP contribution in [0.15, 0.2) is 6.20 Å². The number of hydrogen-bond donors (Lipinski definition) is 1. The summed E-state index contributed by atoms with van der Waals surface area (Å²) in [6.45, 7) is 0.904. The Bertz CT molecular complexity index is 765. The van der Waals surface area contributed by atoms with Gasteiger partial charge in [0.2, 0.25) is 5.28 Å². The van der Waals surface area contributed by atoms with Crippen molar-refractivity contribution in [2.24, 2.45) is 0 Å². The van der Waals surface area contributed by atoms with Crippen LogP contribution < -0.4 is 5.32 Å². The van der Waals surface area contributed by atoms with Crippen LogP contribution in [0.5, 0.6) is 0 Å². The number of anilines is 1. The zero-order valence-corrected chi connectivity index (χ0v) is 16.8. The van der Waals surface area contributed by atoms with Gasteiger partial charge in [0.25, 0.3) is 0 Å². The highest BCUT2D eigenvalue weighted by Crippen LogP contribution is 2.33. The SMILES string of the molecule is CSN(C)CC1CCC(n2ncc3c(NC4CCCC4)nc(Cl)nc32)O1. The van der Waals surface area contributed by atoms with Crippen LogP contribution in [-0.2, 0) is 4.74 Å². The molecule has 26 heavy (non-hydrogen) atoms. The first-order valence-electron chi connectivity index (χ1n) is 9.22. The molecule has 0 bridgehead atoms. The van der Waals surface area contributed by atoms with E-state index in [9.17, 15) is 0 Å². The van der Waals surface area contributed by atoms with E-state index in [1.807, 2.05) is 10.9 Å². The lowest BCUT2D eigenvalue weighted by Gasteiger charge is -2.19. The Hall–Kier alpha value is -1.09. The van der Waals surface area contributed by atoms with E-state index < -0.39 is 0 Å². The second kappa shape index (κ2) is 7.88. The first-order chi connectivity index (χ1) is 12.6. The lowest BCUT2D eigenvalue weighted by atomic mass is 10.2. The van der Waals surface area contributed by atoms with Gasteiger partial charge in [0.1, 0.15) is 5.82 Å².